The average Bonchev–Trinajstić information content (AvgIpc) is 2.42. The van der Waals surface area contributed by atoms with Crippen LogP contribution in [0.5, 0.6) is 0 Å². The van der Waals surface area contributed by atoms with Gasteiger partial charge in [-0.15, -0.1) is 0 Å². The van der Waals surface area contributed by atoms with Gasteiger partial charge in [0, 0.05) is 38.4 Å². The van der Waals surface area contributed by atoms with Crippen LogP contribution >= 0.6 is 0 Å². The van der Waals surface area contributed by atoms with Crippen LogP contribution < -0.4 is 5.32 Å². The molecule has 0 bridgehead atoms. The average molecular weight is 302 g/mol. The Morgan fingerprint density at radius 3 is 2.52 bits per heavy atom. The van der Waals surface area contributed by atoms with E-state index in [-0.39, 0.29) is 17.5 Å². The van der Waals surface area contributed by atoms with Gasteiger partial charge >= 0.3 is 6.18 Å². The minimum absolute atomic E-state index is 0.00152. The van der Waals surface area contributed by atoms with E-state index in [4.69, 9.17) is 0 Å². The molecule has 2 rings (SSSR count). The molecule has 1 aromatic heterocycles. The second-order valence-corrected chi connectivity index (χ2v) is 4.78. The number of halogens is 3. The van der Waals surface area contributed by atoms with Crippen LogP contribution in [-0.4, -0.2) is 46.3 Å². The van der Waals surface area contributed by atoms with Crippen LogP contribution in [0.2, 0.25) is 0 Å². The van der Waals surface area contributed by atoms with Crippen molar-refractivity contribution in [2.45, 2.75) is 25.1 Å². The van der Waals surface area contributed by atoms with Gasteiger partial charge in [0.05, 0.1) is 5.56 Å². The number of carbonyl (C=O) groups excluding carboxylic acids is 2. The van der Waals surface area contributed by atoms with Crippen LogP contribution in [0.4, 0.5) is 13.2 Å². The number of likely N-dealkylation sites (tertiary alicyclic amines) is 1. The normalized spacial score (nSPS) is 19.5. The maximum atomic E-state index is 12.3. The Morgan fingerprint density at radius 1 is 1.38 bits per heavy atom. The van der Waals surface area contributed by atoms with Gasteiger partial charge in [0.1, 0.15) is 0 Å². The molecule has 0 saturated carbocycles. The van der Waals surface area contributed by atoms with Crippen molar-refractivity contribution in [3.63, 3.8) is 0 Å². The molecule has 1 fully saturated rings. The Kier molecular flexibility index (Phi) is 4.10. The van der Waals surface area contributed by atoms with Crippen molar-refractivity contribution in [3.8, 4) is 0 Å². The number of piperidine rings is 1. The quantitative estimate of drug-likeness (QED) is 0.878. The molecule has 1 saturated heterocycles. The molecule has 1 aliphatic rings. The first kappa shape index (κ1) is 15.2. The van der Waals surface area contributed by atoms with Crippen LogP contribution in [0.15, 0.2) is 12.4 Å². The number of amides is 2. The highest BCUT2D eigenvalue weighted by atomic mass is 19.4. The zero-order valence-electron chi connectivity index (χ0n) is 11.1. The third-order valence-corrected chi connectivity index (χ3v) is 3.13. The lowest BCUT2D eigenvalue weighted by Gasteiger charge is -2.30. The maximum Gasteiger partial charge on any atom is 0.451 e. The summed E-state index contributed by atoms with van der Waals surface area (Å²) in [5.74, 6) is -1.85. The smallest absolute Gasteiger partial charge is 0.347 e. The lowest BCUT2D eigenvalue weighted by atomic mass is 10.1. The van der Waals surface area contributed by atoms with E-state index in [9.17, 15) is 22.8 Å². The topological polar surface area (TPSA) is 75.2 Å². The first-order valence-corrected chi connectivity index (χ1v) is 6.21. The number of nitrogens with one attached hydrogen (secondary N) is 1. The summed E-state index contributed by atoms with van der Waals surface area (Å²) in [5.41, 5.74) is -0.0532. The zero-order valence-corrected chi connectivity index (χ0v) is 11.1. The summed E-state index contributed by atoms with van der Waals surface area (Å²) in [5, 5.41) is 2.65. The van der Waals surface area contributed by atoms with Crippen LogP contribution in [0.3, 0.4) is 0 Å². The molecule has 1 unspecified atom stereocenters. The molecule has 1 aliphatic heterocycles. The van der Waals surface area contributed by atoms with E-state index in [0.717, 1.165) is 12.4 Å². The van der Waals surface area contributed by atoms with Gasteiger partial charge in [-0.25, -0.2) is 9.97 Å². The van der Waals surface area contributed by atoms with Gasteiger partial charge in [-0.3, -0.25) is 9.59 Å². The van der Waals surface area contributed by atoms with E-state index < -0.39 is 17.9 Å². The van der Waals surface area contributed by atoms with E-state index in [1.165, 1.54) is 4.90 Å². The largest absolute Gasteiger partial charge is 0.451 e. The molecule has 114 valence electrons. The fourth-order valence-electron chi connectivity index (χ4n) is 1.99. The molecule has 0 aliphatic carbocycles. The van der Waals surface area contributed by atoms with Gasteiger partial charge in [0.25, 0.3) is 5.91 Å². The molecule has 0 radical (unpaired) electrons. The summed E-state index contributed by atoms with van der Waals surface area (Å²) < 4.78 is 36.9. The van der Waals surface area contributed by atoms with Gasteiger partial charge in [-0.2, -0.15) is 13.2 Å². The number of hydrogen-bond acceptors (Lipinski definition) is 4. The molecule has 6 nitrogen and oxygen atoms in total. The molecule has 1 N–H and O–H groups in total. The number of aromatic nitrogens is 2. The van der Waals surface area contributed by atoms with Gasteiger partial charge in [-0.1, -0.05) is 0 Å². The predicted molar refractivity (Wildman–Crippen MR) is 65.2 cm³/mol. The molecule has 1 aromatic rings. The van der Waals surface area contributed by atoms with Crippen LogP contribution in [0, 0.1) is 0 Å². The van der Waals surface area contributed by atoms with Crippen molar-refractivity contribution < 1.29 is 22.8 Å². The highest BCUT2D eigenvalue weighted by molar-refractivity contribution is 5.93. The fraction of sp³-hybridized carbons (Fsp3) is 0.500. The number of carbonyl (C=O) groups is 2. The number of likely N-dealkylation sites (N-methyl/N-ethyl adjacent to an activating group) is 1. The first-order valence-electron chi connectivity index (χ1n) is 6.21. The second kappa shape index (κ2) is 5.66. The SMILES string of the molecule is CN1CC(NC(=O)c2cnc(C(F)(F)F)nc2)CCC1=O. The molecule has 0 spiro atoms. The van der Waals surface area contributed by atoms with Crippen molar-refractivity contribution in [1.29, 1.82) is 0 Å². The number of hydrogen-bond donors (Lipinski definition) is 1. The van der Waals surface area contributed by atoms with Crippen LogP contribution in [0.1, 0.15) is 29.0 Å². The minimum Gasteiger partial charge on any atom is -0.347 e. The van der Waals surface area contributed by atoms with Gasteiger partial charge in [0.15, 0.2) is 0 Å². The third kappa shape index (κ3) is 3.67. The lowest BCUT2D eigenvalue weighted by molar-refractivity contribution is -0.145. The zero-order chi connectivity index (χ0) is 15.6. The Hall–Kier alpha value is -2.19. The minimum atomic E-state index is -4.64. The summed E-state index contributed by atoms with van der Waals surface area (Å²) in [4.78, 5) is 31.0. The Bertz CT molecular complexity index is 544. The molecule has 1 atom stereocenters. The van der Waals surface area contributed by atoms with E-state index >= 15 is 0 Å². The third-order valence-electron chi connectivity index (χ3n) is 3.13. The van der Waals surface area contributed by atoms with E-state index in [2.05, 4.69) is 15.3 Å². The Morgan fingerprint density at radius 2 is 2.00 bits per heavy atom. The summed E-state index contributed by atoms with van der Waals surface area (Å²) in [7, 11) is 1.63. The maximum absolute atomic E-state index is 12.3. The Labute approximate surface area is 118 Å². The summed E-state index contributed by atoms with van der Waals surface area (Å²) in [6.45, 7) is 0.367. The van der Waals surface area contributed by atoms with Gasteiger partial charge in [-0.05, 0) is 6.42 Å². The number of nitrogens with zero attached hydrogens (tertiary/aromatic N) is 3. The van der Waals surface area contributed by atoms with Crippen molar-refractivity contribution in [1.82, 2.24) is 20.2 Å². The van der Waals surface area contributed by atoms with Crippen LogP contribution in [0.25, 0.3) is 0 Å². The first-order chi connectivity index (χ1) is 9.77. The van der Waals surface area contributed by atoms with E-state index in [0.29, 0.717) is 19.4 Å². The molecular weight excluding hydrogens is 289 g/mol. The summed E-state index contributed by atoms with van der Waals surface area (Å²) >= 11 is 0. The molecular formula is C12H13F3N4O2. The van der Waals surface area contributed by atoms with Crippen molar-refractivity contribution in [2.24, 2.45) is 0 Å². The lowest BCUT2D eigenvalue weighted by Crippen LogP contribution is -2.48. The van der Waals surface area contributed by atoms with Crippen LogP contribution in [-0.2, 0) is 11.0 Å². The highest BCUT2D eigenvalue weighted by Gasteiger charge is 2.34. The van der Waals surface area contributed by atoms with E-state index in [1.807, 2.05) is 0 Å². The van der Waals surface area contributed by atoms with Gasteiger partial charge in [0.2, 0.25) is 11.7 Å². The number of rotatable bonds is 2. The predicted octanol–water partition coefficient (Wildman–Crippen LogP) is 0.846. The molecule has 0 aromatic carbocycles. The molecule has 21 heavy (non-hydrogen) atoms. The highest BCUT2D eigenvalue weighted by Crippen LogP contribution is 2.25. The fourth-order valence-corrected chi connectivity index (χ4v) is 1.99. The number of alkyl halides is 3. The Balaban J connectivity index is 1.99. The van der Waals surface area contributed by atoms with Crippen molar-refractivity contribution in [3.05, 3.63) is 23.8 Å². The summed E-state index contributed by atoms with van der Waals surface area (Å²) in [6, 6.07) is -0.234. The summed E-state index contributed by atoms with van der Waals surface area (Å²) in [6.07, 6.45) is -2.14. The van der Waals surface area contributed by atoms with Crippen molar-refractivity contribution >= 4 is 11.8 Å². The monoisotopic (exact) mass is 302 g/mol. The van der Waals surface area contributed by atoms with Crippen molar-refractivity contribution in [2.75, 3.05) is 13.6 Å². The molecule has 2 heterocycles. The molecule has 2 amide bonds. The second-order valence-electron chi connectivity index (χ2n) is 4.78. The molecule has 9 heteroatoms. The van der Waals surface area contributed by atoms with E-state index in [1.54, 1.807) is 7.05 Å². The standard InChI is InChI=1S/C12H13F3N4O2/c1-19-6-8(2-3-9(19)20)18-10(21)7-4-16-11(17-5-7)12(13,14)15/h4-5,8H,2-3,6H2,1H3,(H,18,21). The van der Waals surface area contributed by atoms with Gasteiger partial charge < -0.3 is 10.2 Å².